The Morgan fingerprint density at radius 3 is 2.65 bits per heavy atom. The Kier molecular flexibility index (Phi) is 3.08. The Bertz CT molecular complexity index is 643. The normalized spacial score (nSPS) is 17.4. The lowest BCUT2D eigenvalue weighted by Gasteiger charge is -2.15. The lowest BCUT2D eigenvalue weighted by Crippen LogP contribution is -2.21. The molecule has 0 saturated carbocycles. The monoisotopic (exact) mass is 269 g/mol. The van der Waals surface area contributed by atoms with E-state index in [1.165, 1.54) is 5.56 Å². The summed E-state index contributed by atoms with van der Waals surface area (Å²) in [5, 5.41) is 3.00. The van der Waals surface area contributed by atoms with Crippen LogP contribution in [0.2, 0.25) is 0 Å². The zero-order chi connectivity index (χ0) is 14.3. The van der Waals surface area contributed by atoms with Crippen LogP contribution in [0.1, 0.15) is 37.0 Å². The quantitative estimate of drug-likeness (QED) is 0.931. The zero-order valence-electron chi connectivity index (χ0n) is 12.1. The first-order valence-electron chi connectivity index (χ1n) is 7.00. The molecule has 2 aromatic rings. The fourth-order valence-electron chi connectivity index (χ4n) is 2.90. The average Bonchev–Trinajstić information content (AvgIpc) is 2.89. The van der Waals surface area contributed by atoms with Crippen LogP contribution in [0.25, 0.3) is 0 Å². The maximum Gasteiger partial charge on any atom is 0.248 e. The van der Waals surface area contributed by atoms with Crippen molar-refractivity contribution in [2.45, 2.75) is 33.2 Å². The highest BCUT2D eigenvalue weighted by molar-refractivity contribution is 5.98. The molecule has 1 amide bonds. The summed E-state index contributed by atoms with van der Waals surface area (Å²) in [7, 11) is 0. The van der Waals surface area contributed by atoms with Crippen LogP contribution in [0, 0.1) is 12.8 Å². The van der Waals surface area contributed by atoms with Gasteiger partial charge in [-0.05, 0) is 18.4 Å². The summed E-state index contributed by atoms with van der Waals surface area (Å²) >= 11 is 0. The van der Waals surface area contributed by atoms with Crippen LogP contribution in [-0.4, -0.2) is 15.5 Å². The van der Waals surface area contributed by atoms with E-state index in [-0.39, 0.29) is 17.9 Å². The molecular weight excluding hydrogens is 250 g/mol. The minimum absolute atomic E-state index is 0.0785. The number of fused-ring (bicyclic) bond motifs is 1. The number of anilines is 1. The van der Waals surface area contributed by atoms with Crippen molar-refractivity contribution in [2.75, 3.05) is 5.32 Å². The summed E-state index contributed by atoms with van der Waals surface area (Å²) in [4.78, 5) is 16.8. The van der Waals surface area contributed by atoms with Crippen LogP contribution >= 0.6 is 0 Å². The third-order valence-corrected chi connectivity index (χ3v) is 3.79. The van der Waals surface area contributed by atoms with E-state index in [0.29, 0.717) is 0 Å². The highest BCUT2D eigenvalue weighted by Crippen LogP contribution is 2.34. The van der Waals surface area contributed by atoms with Gasteiger partial charge < -0.3 is 9.88 Å². The van der Waals surface area contributed by atoms with Crippen molar-refractivity contribution in [2.24, 2.45) is 5.92 Å². The molecule has 4 nitrogen and oxygen atoms in total. The molecule has 1 aromatic heterocycles. The minimum Gasteiger partial charge on any atom is -0.309 e. The van der Waals surface area contributed by atoms with Crippen molar-refractivity contribution in [3.8, 4) is 0 Å². The number of nitrogens with zero attached hydrogens (tertiary/aromatic N) is 2. The molecular formula is C16H19N3O. The van der Waals surface area contributed by atoms with Gasteiger partial charge in [0.15, 0.2) is 0 Å². The van der Waals surface area contributed by atoms with Crippen molar-refractivity contribution in [3.63, 3.8) is 0 Å². The number of rotatable bonds is 3. The van der Waals surface area contributed by atoms with Crippen molar-refractivity contribution in [3.05, 3.63) is 47.4 Å². The largest absolute Gasteiger partial charge is 0.309 e. The fraction of sp³-hybridized carbons (Fsp3) is 0.375. The van der Waals surface area contributed by atoms with Crippen LogP contribution in [0.4, 0.5) is 5.82 Å². The molecule has 0 saturated heterocycles. The van der Waals surface area contributed by atoms with Gasteiger partial charge in [0.1, 0.15) is 17.7 Å². The first-order chi connectivity index (χ1) is 9.58. The summed E-state index contributed by atoms with van der Waals surface area (Å²) in [5.74, 6) is 2.11. The highest BCUT2D eigenvalue weighted by Gasteiger charge is 2.36. The van der Waals surface area contributed by atoms with Gasteiger partial charge in [-0.3, -0.25) is 4.79 Å². The SMILES string of the molecule is Cc1nc(Cc2ccccc2)c2n1C(C(C)C)C(=O)N2. The number of nitrogens with one attached hydrogen (secondary N) is 1. The van der Waals surface area contributed by atoms with E-state index >= 15 is 0 Å². The molecule has 1 aromatic carbocycles. The van der Waals surface area contributed by atoms with Gasteiger partial charge in [-0.15, -0.1) is 0 Å². The fourth-order valence-corrected chi connectivity index (χ4v) is 2.90. The molecule has 0 radical (unpaired) electrons. The molecule has 1 aliphatic heterocycles. The van der Waals surface area contributed by atoms with Crippen molar-refractivity contribution < 1.29 is 4.79 Å². The number of amides is 1. The van der Waals surface area contributed by atoms with Crippen LogP contribution in [0.15, 0.2) is 30.3 Å². The van der Waals surface area contributed by atoms with Gasteiger partial charge in [-0.1, -0.05) is 44.2 Å². The number of carbonyl (C=O) groups excluding carboxylic acids is 1. The number of hydrogen-bond donors (Lipinski definition) is 1. The number of benzene rings is 1. The van der Waals surface area contributed by atoms with Gasteiger partial charge >= 0.3 is 0 Å². The van der Waals surface area contributed by atoms with E-state index in [9.17, 15) is 4.79 Å². The Balaban J connectivity index is 1.99. The third-order valence-electron chi connectivity index (χ3n) is 3.79. The van der Waals surface area contributed by atoms with Crippen molar-refractivity contribution in [1.29, 1.82) is 0 Å². The summed E-state index contributed by atoms with van der Waals surface area (Å²) in [5.41, 5.74) is 2.15. The molecule has 1 unspecified atom stereocenters. The predicted octanol–water partition coefficient (Wildman–Crippen LogP) is 2.93. The molecule has 3 rings (SSSR count). The number of aryl methyl sites for hydroxylation is 1. The molecule has 1 N–H and O–H groups in total. The topological polar surface area (TPSA) is 46.9 Å². The van der Waals surface area contributed by atoms with Crippen LogP contribution in [0.5, 0.6) is 0 Å². The van der Waals surface area contributed by atoms with E-state index in [0.717, 1.165) is 23.8 Å². The van der Waals surface area contributed by atoms with Crippen molar-refractivity contribution in [1.82, 2.24) is 9.55 Å². The summed E-state index contributed by atoms with van der Waals surface area (Å²) in [6, 6.07) is 10.1. The maximum atomic E-state index is 12.1. The molecule has 1 aliphatic rings. The van der Waals surface area contributed by atoms with E-state index < -0.39 is 0 Å². The molecule has 20 heavy (non-hydrogen) atoms. The van der Waals surface area contributed by atoms with Gasteiger partial charge in [-0.2, -0.15) is 0 Å². The Labute approximate surface area is 118 Å². The lowest BCUT2D eigenvalue weighted by molar-refractivity contribution is -0.119. The maximum absolute atomic E-state index is 12.1. The second-order valence-corrected chi connectivity index (χ2v) is 5.66. The standard InChI is InChI=1S/C16H19N3O/c1-10(2)14-16(20)18-15-13(17-11(3)19(14)15)9-12-7-5-4-6-8-12/h4-8,10,14H,9H2,1-3H3,(H,18,20). The second-order valence-electron chi connectivity index (χ2n) is 5.66. The molecule has 0 spiro atoms. The number of carbonyl (C=O) groups is 1. The van der Waals surface area contributed by atoms with Crippen LogP contribution in [0.3, 0.4) is 0 Å². The van der Waals surface area contributed by atoms with E-state index in [2.05, 4.69) is 36.3 Å². The summed E-state index contributed by atoms with van der Waals surface area (Å²) in [6.07, 6.45) is 0.745. The van der Waals surface area contributed by atoms with Crippen molar-refractivity contribution >= 4 is 11.7 Å². The first kappa shape index (κ1) is 12.9. The molecule has 0 fully saturated rings. The Morgan fingerprint density at radius 2 is 2.00 bits per heavy atom. The molecule has 104 valence electrons. The third kappa shape index (κ3) is 2.01. The van der Waals surface area contributed by atoms with Gasteiger partial charge in [0.05, 0.1) is 5.69 Å². The minimum atomic E-state index is -0.137. The Morgan fingerprint density at radius 1 is 1.30 bits per heavy atom. The second kappa shape index (κ2) is 4.78. The molecule has 4 heteroatoms. The first-order valence-corrected chi connectivity index (χ1v) is 7.00. The summed E-state index contributed by atoms with van der Waals surface area (Å²) < 4.78 is 2.05. The molecule has 0 aliphatic carbocycles. The van der Waals surface area contributed by atoms with Crippen LogP contribution in [-0.2, 0) is 11.2 Å². The Hall–Kier alpha value is -2.10. The molecule has 0 bridgehead atoms. The predicted molar refractivity (Wildman–Crippen MR) is 78.7 cm³/mol. The van der Waals surface area contributed by atoms with E-state index in [1.807, 2.05) is 29.7 Å². The smallest absolute Gasteiger partial charge is 0.248 e. The average molecular weight is 269 g/mol. The molecule has 1 atom stereocenters. The van der Waals surface area contributed by atoms with E-state index in [1.54, 1.807) is 0 Å². The lowest BCUT2D eigenvalue weighted by atomic mass is 10.0. The van der Waals surface area contributed by atoms with Gasteiger partial charge in [-0.25, -0.2) is 4.98 Å². The van der Waals surface area contributed by atoms with Gasteiger partial charge in [0, 0.05) is 6.42 Å². The van der Waals surface area contributed by atoms with Gasteiger partial charge in [0.2, 0.25) is 5.91 Å². The van der Waals surface area contributed by atoms with Crippen LogP contribution < -0.4 is 5.32 Å². The molecule has 2 heterocycles. The zero-order valence-corrected chi connectivity index (χ0v) is 12.1. The van der Waals surface area contributed by atoms with E-state index in [4.69, 9.17) is 0 Å². The summed E-state index contributed by atoms with van der Waals surface area (Å²) in [6.45, 7) is 6.10. The highest BCUT2D eigenvalue weighted by atomic mass is 16.2. The number of aromatic nitrogens is 2. The number of hydrogen-bond acceptors (Lipinski definition) is 2. The number of imidazole rings is 1. The van der Waals surface area contributed by atoms with Gasteiger partial charge in [0.25, 0.3) is 0 Å².